The third kappa shape index (κ3) is 3.31. The van der Waals surface area contributed by atoms with Gasteiger partial charge in [0.1, 0.15) is 5.69 Å². The molecule has 0 bridgehead atoms. The van der Waals surface area contributed by atoms with Crippen molar-refractivity contribution >= 4 is 11.6 Å². The predicted molar refractivity (Wildman–Crippen MR) is 117 cm³/mol. The number of rotatable bonds is 5. The maximum atomic E-state index is 13.5. The zero-order chi connectivity index (χ0) is 21.4. The van der Waals surface area contributed by atoms with Crippen LogP contribution in [0.3, 0.4) is 0 Å². The van der Waals surface area contributed by atoms with Gasteiger partial charge in [-0.3, -0.25) is 4.79 Å². The summed E-state index contributed by atoms with van der Waals surface area (Å²) in [5.41, 5.74) is 2.89. The van der Waals surface area contributed by atoms with E-state index in [1.807, 2.05) is 79.9 Å². The molecule has 0 saturated carbocycles. The number of aliphatic hydroxyl groups is 1. The Morgan fingerprint density at radius 2 is 1.65 bits per heavy atom. The molecule has 4 aromatic rings. The van der Waals surface area contributed by atoms with Crippen molar-refractivity contribution in [3.8, 4) is 0 Å². The summed E-state index contributed by atoms with van der Waals surface area (Å²) in [4.78, 5) is 15.1. The average molecular weight is 410 g/mol. The third-order valence-electron chi connectivity index (χ3n) is 5.67. The van der Waals surface area contributed by atoms with Crippen LogP contribution in [0.4, 0.5) is 5.69 Å². The van der Waals surface area contributed by atoms with Gasteiger partial charge >= 0.3 is 0 Å². The van der Waals surface area contributed by atoms with Crippen LogP contribution in [0.1, 0.15) is 27.9 Å². The van der Waals surface area contributed by atoms with Crippen molar-refractivity contribution in [3.05, 3.63) is 113 Å². The normalized spacial score (nSPS) is 17.7. The van der Waals surface area contributed by atoms with Gasteiger partial charge in [-0.1, -0.05) is 83.6 Å². The first-order chi connectivity index (χ1) is 15.1. The summed E-state index contributed by atoms with van der Waals surface area (Å²) >= 11 is 0. The van der Waals surface area contributed by atoms with E-state index in [4.69, 9.17) is 0 Å². The fraction of sp³-hybridized carbons (Fsp3) is 0.160. The second kappa shape index (κ2) is 7.49. The molecule has 1 N–H and O–H groups in total. The van der Waals surface area contributed by atoms with Crippen molar-refractivity contribution in [3.63, 3.8) is 0 Å². The zero-order valence-electron chi connectivity index (χ0n) is 17.1. The second-order valence-electron chi connectivity index (χ2n) is 7.88. The number of benzene rings is 3. The van der Waals surface area contributed by atoms with E-state index in [0.29, 0.717) is 29.1 Å². The standard InChI is InChI=1S/C25H22N4O2/c1-18-12-13-23-22(14-18)25(31,20-10-6-3-7-11-20)24(30)29(23)17-21-16-28(27-26-21)15-19-8-4-2-5-9-19/h2-14,16,31H,15,17H2,1H3. The molecule has 1 atom stereocenters. The Hall–Kier alpha value is -3.77. The van der Waals surface area contributed by atoms with Crippen LogP contribution in [0.25, 0.3) is 0 Å². The fourth-order valence-electron chi connectivity index (χ4n) is 4.13. The first-order valence-electron chi connectivity index (χ1n) is 10.2. The van der Waals surface area contributed by atoms with Crippen LogP contribution in [-0.4, -0.2) is 26.0 Å². The number of hydrogen-bond donors (Lipinski definition) is 1. The lowest BCUT2D eigenvalue weighted by Crippen LogP contribution is -2.40. The average Bonchev–Trinajstić information content (AvgIpc) is 3.32. The van der Waals surface area contributed by atoms with Crippen molar-refractivity contribution in [2.75, 3.05) is 4.90 Å². The predicted octanol–water partition coefficient (Wildman–Crippen LogP) is 3.42. The smallest absolute Gasteiger partial charge is 0.268 e. The van der Waals surface area contributed by atoms with E-state index in [-0.39, 0.29) is 12.5 Å². The van der Waals surface area contributed by atoms with Crippen molar-refractivity contribution in [1.29, 1.82) is 0 Å². The van der Waals surface area contributed by atoms with Crippen LogP contribution in [0.15, 0.2) is 85.1 Å². The summed E-state index contributed by atoms with van der Waals surface area (Å²) in [7, 11) is 0. The van der Waals surface area contributed by atoms with Gasteiger partial charge in [0.2, 0.25) is 0 Å². The highest BCUT2D eigenvalue weighted by molar-refractivity contribution is 6.09. The van der Waals surface area contributed by atoms with Gasteiger partial charge in [-0.05, 0) is 24.1 Å². The Balaban J connectivity index is 1.48. The molecule has 1 unspecified atom stereocenters. The number of anilines is 1. The molecule has 0 saturated heterocycles. The van der Waals surface area contributed by atoms with Gasteiger partial charge in [-0.2, -0.15) is 0 Å². The summed E-state index contributed by atoms with van der Waals surface area (Å²) in [6.07, 6.45) is 1.84. The molecule has 0 spiro atoms. The van der Waals surface area contributed by atoms with Crippen molar-refractivity contribution in [2.24, 2.45) is 0 Å². The Bertz CT molecular complexity index is 1240. The summed E-state index contributed by atoms with van der Waals surface area (Å²) in [5, 5.41) is 20.1. The molecule has 1 amide bonds. The Morgan fingerprint density at radius 3 is 2.39 bits per heavy atom. The maximum Gasteiger partial charge on any atom is 0.268 e. The maximum absolute atomic E-state index is 13.5. The first-order valence-corrected chi connectivity index (χ1v) is 10.2. The number of aromatic nitrogens is 3. The topological polar surface area (TPSA) is 71.2 Å². The van der Waals surface area contributed by atoms with Crippen molar-refractivity contribution in [1.82, 2.24) is 15.0 Å². The van der Waals surface area contributed by atoms with E-state index < -0.39 is 5.60 Å². The molecule has 6 nitrogen and oxygen atoms in total. The molecule has 6 heteroatoms. The Kier molecular flexibility index (Phi) is 4.64. The van der Waals surface area contributed by atoms with Gasteiger partial charge in [0, 0.05) is 5.56 Å². The molecule has 1 aromatic heterocycles. The monoisotopic (exact) mass is 410 g/mol. The molecule has 3 aromatic carbocycles. The quantitative estimate of drug-likeness (QED) is 0.547. The van der Waals surface area contributed by atoms with Gasteiger partial charge in [0.05, 0.1) is 25.0 Å². The van der Waals surface area contributed by atoms with Crippen LogP contribution in [-0.2, 0) is 23.5 Å². The zero-order valence-corrected chi connectivity index (χ0v) is 17.1. The molecule has 1 aliphatic rings. The molecule has 31 heavy (non-hydrogen) atoms. The van der Waals surface area contributed by atoms with Crippen LogP contribution >= 0.6 is 0 Å². The van der Waals surface area contributed by atoms with E-state index in [9.17, 15) is 9.90 Å². The number of aryl methyl sites for hydroxylation is 1. The van der Waals surface area contributed by atoms with Gasteiger partial charge in [0.15, 0.2) is 5.60 Å². The van der Waals surface area contributed by atoms with Crippen molar-refractivity contribution in [2.45, 2.75) is 25.6 Å². The van der Waals surface area contributed by atoms with Crippen LogP contribution in [0, 0.1) is 6.92 Å². The molecule has 0 radical (unpaired) electrons. The lowest BCUT2D eigenvalue weighted by molar-refractivity contribution is -0.132. The molecule has 5 rings (SSSR count). The second-order valence-corrected chi connectivity index (χ2v) is 7.88. The molecule has 154 valence electrons. The molecule has 1 aliphatic heterocycles. The minimum atomic E-state index is -1.72. The minimum Gasteiger partial charge on any atom is -0.372 e. The van der Waals surface area contributed by atoms with E-state index in [2.05, 4.69) is 10.3 Å². The number of carbonyl (C=O) groups is 1. The molecular weight excluding hydrogens is 388 g/mol. The van der Waals surface area contributed by atoms with E-state index in [1.165, 1.54) is 0 Å². The van der Waals surface area contributed by atoms with E-state index in [0.717, 1.165) is 11.1 Å². The molecule has 0 fully saturated rings. The lowest BCUT2D eigenvalue weighted by atomic mass is 9.87. The molecule has 2 heterocycles. The number of hydrogen-bond acceptors (Lipinski definition) is 4. The number of nitrogens with zero attached hydrogens (tertiary/aromatic N) is 4. The van der Waals surface area contributed by atoms with E-state index in [1.54, 1.807) is 21.7 Å². The van der Waals surface area contributed by atoms with Gasteiger partial charge in [-0.25, -0.2) is 4.68 Å². The van der Waals surface area contributed by atoms with Crippen LogP contribution < -0.4 is 4.90 Å². The van der Waals surface area contributed by atoms with Crippen molar-refractivity contribution < 1.29 is 9.90 Å². The Labute approximate surface area is 180 Å². The highest BCUT2D eigenvalue weighted by Gasteiger charge is 2.51. The summed E-state index contributed by atoms with van der Waals surface area (Å²) in [5.74, 6) is -0.378. The largest absolute Gasteiger partial charge is 0.372 e. The summed E-state index contributed by atoms with van der Waals surface area (Å²) in [6, 6.07) is 24.8. The van der Waals surface area contributed by atoms with Gasteiger partial charge in [-0.15, -0.1) is 5.10 Å². The number of carbonyl (C=O) groups excluding carboxylic acids is 1. The first kappa shape index (κ1) is 19.2. The summed E-state index contributed by atoms with van der Waals surface area (Å²) in [6.45, 7) is 2.79. The number of fused-ring (bicyclic) bond motifs is 1. The van der Waals surface area contributed by atoms with Gasteiger partial charge < -0.3 is 10.0 Å². The minimum absolute atomic E-state index is 0.235. The third-order valence-corrected chi connectivity index (χ3v) is 5.67. The molecular formula is C25H22N4O2. The van der Waals surface area contributed by atoms with Gasteiger partial charge in [0.25, 0.3) is 5.91 Å². The SMILES string of the molecule is Cc1ccc2c(c1)C(O)(c1ccccc1)C(=O)N2Cc1cn(Cc2ccccc2)nn1. The molecule has 0 aliphatic carbocycles. The van der Waals surface area contributed by atoms with E-state index >= 15 is 0 Å². The number of amides is 1. The Morgan fingerprint density at radius 1 is 0.935 bits per heavy atom. The fourth-order valence-corrected chi connectivity index (χ4v) is 4.13. The highest BCUT2D eigenvalue weighted by Crippen LogP contribution is 2.45. The highest BCUT2D eigenvalue weighted by atomic mass is 16.3. The lowest BCUT2D eigenvalue weighted by Gasteiger charge is -2.23. The summed E-state index contributed by atoms with van der Waals surface area (Å²) < 4.78 is 1.75. The van der Waals surface area contributed by atoms with Crippen LogP contribution in [0.5, 0.6) is 0 Å². The van der Waals surface area contributed by atoms with Crippen LogP contribution in [0.2, 0.25) is 0 Å².